The third kappa shape index (κ3) is 3.90. The first kappa shape index (κ1) is 18.4. The van der Waals surface area contributed by atoms with E-state index in [-0.39, 0.29) is 24.3 Å². The molecule has 0 radical (unpaired) electrons. The number of rotatable bonds is 6. The summed E-state index contributed by atoms with van der Waals surface area (Å²) < 4.78 is 1.81. The number of nitrogens with zero attached hydrogens (tertiary/aromatic N) is 4. The fourth-order valence-electron chi connectivity index (χ4n) is 3.19. The van der Waals surface area contributed by atoms with Gasteiger partial charge in [0.15, 0.2) is 5.16 Å². The van der Waals surface area contributed by atoms with Crippen LogP contribution in [0.4, 0.5) is 5.69 Å². The Labute approximate surface area is 157 Å². The highest BCUT2D eigenvalue weighted by molar-refractivity contribution is 7.99. The molecule has 0 saturated heterocycles. The van der Waals surface area contributed by atoms with Crippen molar-refractivity contribution in [2.45, 2.75) is 43.8 Å². The molecule has 1 aliphatic heterocycles. The van der Waals surface area contributed by atoms with Gasteiger partial charge in [-0.1, -0.05) is 30.0 Å². The first-order valence-corrected chi connectivity index (χ1v) is 9.65. The van der Waals surface area contributed by atoms with Crippen molar-refractivity contribution in [3.05, 3.63) is 35.7 Å². The number of benzene rings is 1. The average molecular weight is 373 g/mol. The third-order valence-electron chi connectivity index (χ3n) is 4.64. The summed E-state index contributed by atoms with van der Waals surface area (Å²) in [5.41, 5.74) is 7.41. The van der Waals surface area contributed by atoms with Crippen molar-refractivity contribution in [2.75, 3.05) is 10.7 Å². The zero-order chi connectivity index (χ0) is 18.7. The van der Waals surface area contributed by atoms with E-state index in [0.717, 1.165) is 18.5 Å². The van der Waals surface area contributed by atoms with E-state index in [1.165, 1.54) is 17.3 Å². The number of aromatic nitrogens is 3. The average Bonchev–Trinajstić information content (AvgIpc) is 2.97. The summed E-state index contributed by atoms with van der Waals surface area (Å²) >= 11 is 1.36. The van der Waals surface area contributed by atoms with Crippen molar-refractivity contribution in [1.82, 2.24) is 14.8 Å². The number of amides is 2. The molecule has 1 atom stereocenters. The van der Waals surface area contributed by atoms with Crippen molar-refractivity contribution >= 4 is 29.3 Å². The van der Waals surface area contributed by atoms with E-state index < -0.39 is 0 Å². The number of carbonyl (C=O) groups excluding carboxylic acids is 2. The van der Waals surface area contributed by atoms with Crippen LogP contribution < -0.4 is 10.6 Å². The Kier molecular flexibility index (Phi) is 5.61. The first-order valence-electron chi connectivity index (χ1n) is 8.66. The molecule has 1 unspecified atom stereocenters. The number of para-hydroxylation sites is 1. The number of carbonyl (C=O) groups is 2. The molecule has 8 heteroatoms. The van der Waals surface area contributed by atoms with E-state index in [9.17, 15) is 9.59 Å². The number of fused-ring (bicyclic) bond motifs is 1. The predicted octanol–water partition coefficient (Wildman–Crippen LogP) is 1.69. The van der Waals surface area contributed by atoms with Gasteiger partial charge in [0.2, 0.25) is 11.8 Å². The Morgan fingerprint density at radius 1 is 1.31 bits per heavy atom. The van der Waals surface area contributed by atoms with Crippen LogP contribution in [0.5, 0.6) is 0 Å². The van der Waals surface area contributed by atoms with Crippen LogP contribution in [0.25, 0.3) is 0 Å². The monoisotopic (exact) mass is 373 g/mol. The van der Waals surface area contributed by atoms with E-state index in [1.807, 2.05) is 34.7 Å². The van der Waals surface area contributed by atoms with E-state index >= 15 is 0 Å². The van der Waals surface area contributed by atoms with E-state index in [0.29, 0.717) is 23.2 Å². The summed E-state index contributed by atoms with van der Waals surface area (Å²) in [5.74, 6) is 0.683. The molecule has 0 fully saturated rings. The molecule has 2 heterocycles. The summed E-state index contributed by atoms with van der Waals surface area (Å²) in [6.45, 7) is 2.09. The van der Waals surface area contributed by atoms with Gasteiger partial charge in [-0.2, -0.15) is 0 Å². The SMILES string of the molecule is CC1CCc2ccccc2N1C(=O)CSc1nnc(CCC(N)=O)n1C. The Morgan fingerprint density at radius 2 is 2.08 bits per heavy atom. The number of anilines is 1. The van der Waals surface area contributed by atoms with E-state index in [1.54, 1.807) is 0 Å². The van der Waals surface area contributed by atoms with Crippen molar-refractivity contribution < 1.29 is 9.59 Å². The molecule has 1 aliphatic rings. The normalized spacial score (nSPS) is 16.4. The van der Waals surface area contributed by atoms with Crippen LogP contribution in [0.1, 0.15) is 31.2 Å². The van der Waals surface area contributed by atoms with Gasteiger partial charge < -0.3 is 15.2 Å². The zero-order valence-electron chi connectivity index (χ0n) is 15.0. The smallest absolute Gasteiger partial charge is 0.237 e. The van der Waals surface area contributed by atoms with E-state index in [2.05, 4.69) is 23.2 Å². The van der Waals surface area contributed by atoms with Crippen LogP contribution in [-0.2, 0) is 29.5 Å². The maximum Gasteiger partial charge on any atom is 0.237 e. The summed E-state index contributed by atoms with van der Waals surface area (Å²) in [5, 5.41) is 8.88. The molecule has 2 aromatic rings. The number of hydrogen-bond acceptors (Lipinski definition) is 5. The highest BCUT2D eigenvalue weighted by Gasteiger charge is 2.28. The van der Waals surface area contributed by atoms with Crippen LogP contribution in [0.15, 0.2) is 29.4 Å². The molecule has 0 bridgehead atoms. The minimum absolute atomic E-state index is 0.0661. The minimum Gasteiger partial charge on any atom is -0.370 e. The minimum atomic E-state index is -0.366. The molecular weight excluding hydrogens is 350 g/mol. The fourth-order valence-corrected chi connectivity index (χ4v) is 3.98. The lowest BCUT2D eigenvalue weighted by atomic mass is 9.97. The van der Waals surface area contributed by atoms with Crippen molar-refractivity contribution in [3.63, 3.8) is 0 Å². The van der Waals surface area contributed by atoms with Crippen LogP contribution in [-0.4, -0.2) is 38.4 Å². The standard InChI is InChI=1S/C18H23N5O2S/c1-12-7-8-13-5-3-4-6-14(13)23(12)17(25)11-26-18-21-20-16(22(18)2)10-9-15(19)24/h3-6,12H,7-11H2,1-2H3,(H2,19,24). The van der Waals surface area contributed by atoms with Gasteiger partial charge in [0, 0.05) is 31.6 Å². The molecule has 2 amide bonds. The van der Waals surface area contributed by atoms with Gasteiger partial charge in [0.25, 0.3) is 0 Å². The van der Waals surface area contributed by atoms with Gasteiger partial charge >= 0.3 is 0 Å². The third-order valence-corrected chi connectivity index (χ3v) is 5.64. The highest BCUT2D eigenvalue weighted by Crippen LogP contribution is 2.31. The van der Waals surface area contributed by atoms with Crippen LogP contribution >= 0.6 is 11.8 Å². The second-order valence-corrected chi connectivity index (χ2v) is 7.44. The zero-order valence-corrected chi connectivity index (χ0v) is 15.8. The molecule has 0 spiro atoms. The van der Waals surface area contributed by atoms with Gasteiger partial charge in [-0.25, -0.2) is 0 Å². The topological polar surface area (TPSA) is 94.1 Å². The lowest BCUT2D eigenvalue weighted by Gasteiger charge is -2.35. The Morgan fingerprint density at radius 3 is 2.85 bits per heavy atom. The molecule has 0 saturated carbocycles. The van der Waals surface area contributed by atoms with Crippen molar-refractivity contribution in [2.24, 2.45) is 12.8 Å². The Balaban J connectivity index is 1.67. The Hall–Kier alpha value is -2.35. The Bertz CT molecular complexity index is 820. The molecular formula is C18H23N5O2S. The molecule has 3 rings (SSSR count). The summed E-state index contributed by atoms with van der Waals surface area (Å²) in [6.07, 6.45) is 2.65. The lowest BCUT2D eigenvalue weighted by Crippen LogP contribution is -2.43. The lowest BCUT2D eigenvalue weighted by molar-refractivity contribution is -0.118. The first-order chi connectivity index (χ1) is 12.5. The molecule has 1 aromatic carbocycles. The molecule has 2 N–H and O–H groups in total. The quantitative estimate of drug-likeness (QED) is 0.778. The fraction of sp³-hybridized carbons (Fsp3) is 0.444. The van der Waals surface area contributed by atoms with Gasteiger partial charge in [-0.3, -0.25) is 9.59 Å². The molecule has 138 valence electrons. The molecule has 7 nitrogen and oxygen atoms in total. The van der Waals surface area contributed by atoms with Gasteiger partial charge in [0.05, 0.1) is 5.75 Å². The second-order valence-electron chi connectivity index (χ2n) is 6.49. The second kappa shape index (κ2) is 7.90. The molecule has 26 heavy (non-hydrogen) atoms. The van der Waals surface area contributed by atoms with Crippen molar-refractivity contribution in [1.29, 1.82) is 0 Å². The van der Waals surface area contributed by atoms with Crippen molar-refractivity contribution in [3.8, 4) is 0 Å². The summed E-state index contributed by atoms with van der Waals surface area (Å²) in [4.78, 5) is 25.7. The number of thioether (sulfide) groups is 1. The predicted molar refractivity (Wildman–Crippen MR) is 101 cm³/mol. The van der Waals surface area contributed by atoms with Gasteiger partial charge in [0.1, 0.15) is 5.82 Å². The van der Waals surface area contributed by atoms with Crippen LogP contribution in [0.2, 0.25) is 0 Å². The highest BCUT2D eigenvalue weighted by atomic mass is 32.2. The number of primary amides is 1. The number of nitrogens with two attached hydrogens (primary N) is 1. The summed E-state index contributed by atoms with van der Waals surface area (Å²) in [6, 6.07) is 8.26. The summed E-state index contributed by atoms with van der Waals surface area (Å²) in [7, 11) is 1.84. The maximum absolute atomic E-state index is 12.9. The molecule has 0 aliphatic carbocycles. The van der Waals surface area contributed by atoms with Crippen LogP contribution in [0, 0.1) is 0 Å². The number of hydrogen-bond donors (Lipinski definition) is 1. The van der Waals surface area contributed by atoms with E-state index in [4.69, 9.17) is 5.73 Å². The van der Waals surface area contributed by atoms with Crippen LogP contribution in [0.3, 0.4) is 0 Å². The molecule has 1 aromatic heterocycles. The van der Waals surface area contributed by atoms with Gasteiger partial charge in [-0.15, -0.1) is 10.2 Å². The van der Waals surface area contributed by atoms with Gasteiger partial charge in [-0.05, 0) is 31.4 Å². The largest absolute Gasteiger partial charge is 0.370 e. The maximum atomic E-state index is 12.9. The number of aryl methyl sites for hydroxylation is 2.